The molecule has 2 aromatic carbocycles. The third-order valence-electron chi connectivity index (χ3n) is 3.83. The van der Waals surface area contributed by atoms with Crippen molar-refractivity contribution < 1.29 is 22.3 Å². The van der Waals surface area contributed by atoms with Crippen LogP contribution in [0.2, 0.25) is 0 Å². The Hall–Kier alpha value is -2.29. The van der Waals surface area contributed by atoms with Crippen LogP contribution in [0.3, 0.4) is 0 Å². The fraction of sp³-hybridized carbons (Fsp3) is 0.235. The van der Waals surface area contributed by atoms with E-state index in [-0.39, 0.29) is 23.7 Å². The molecule has 0 atom stereocenters. The second kappa shape index (κ2) is 7.30. The zero-order valence-corrected chi connectivity index (χ0v) is 14.1. The molecule has 0 bridgehead atoms. The lowest BCUT2D eigenvalue weighted by Crippen LogP contribution is -2.40. The van der Waals surface area contributed by atoms with Gasteiger partial charge in [-0.1, -0.05) is 18.2 Å². The predicted molar refractivity (Wildman–Crippen MR) is 90.4 cm³/mol. The first-order valence-electron chi connectivity index (χ1n) is 7.72. The van der Waals surface area contributed by atoms with Gasteiger partial charge in [0.2, 0.25) is 10.0 Å². The van der Waals surface area contributed by atoms with Gasteiger partial charge in [0.15, 0.2) is 0 Å². The standard InChI is InChI=1S/C17H17FN2O4S/c18-15-12-14(25(22,23)20-8-10-24-11-9-20)6-7-16(15)19-17(21)13-4-2-1-3-5-13/h1-7,12H,8-11H2,(H,19,21). The largest absolute Gasteiger partial charge is 0.379 e. The zero-order valence-electron chi connectivity index (χ0n) is 13.3. The molecule has 1 saturated heterocycles. The molecule has 2 aromatic rings. The lowest BCUT2D eigenvalue weighted by molar-refractivity contribution is 0.0730. The minimum absolute atomic E-state index is 0.0743. The van der Waals surface area contributed by atoms with E-state index in [0.717, 1.165) is 6.07 Å². The van der Waals surface area contributed by atoms with Gasteiger partial charge >= 0.3 is 0 Å². The summed E-state index contributed by atoms with van der Waals surface area (Å²) >= 11 is 0. The van der Waals surface area contributed by atoms with Crippen LogP contribution in [0.15, 0.2) is 53.4 Å². The van der Waals surface area contributed by atoms with E-state index in [0.29, 0.717) is 18.8 Å². The number of sulfonamides is 1. The fourth-order valence-corrected chi connectivity index (χ4v) is 3.90. The van der Waals surface area contributed by atoms with Crippen molar-refractivity contribution in [2.75, 3.05) is 31.6 Å². The van der Waals surface area contributed by atoms with Crippen LogP contribution in [-0.2, 0) is 14.8 Å². The van der Waals surface area contributed by atoms with Crippen LogP contribution in [0, 0.1) is 5.82 Å². The SMILES string of the molecule is O=C(Nc1ccc(S(=O)(=O)N2CCOCC2)cc1F)c1ccccc1. The van der Waals surface area contributed by atoms with Crippen molar-refractivity contribution in [3.8, 4) is 0 Å². The normalized spacial score (nSPS) is 15.7. The fourth-order valence-electron chi connectivity index (χ4n) is 2.48. The van der Waals surface area contributed by atoms with Gasteiger partial charge in [-0.25, -0.2) is 12.8 Å². The summed E-state index contributed by atoms with van der Waals surface area (Å²) < 4.78 is 45.7. The Morgan fingerprint density at radius 3 is 2.40 bits per heavy atom. The molecule has 8 heteroatoms. The topological polar surface area (TPSA) is 75.7 Å². The number of hydrogen-bond acceptors (Lipinski definition) is 4. The highest BCUT2D eigenvalue weighted by molar-refractivity contribution is 7.89. The van der Waals surface area contributed by atoms with Gasteiger partial charge in [-0.2, -0.15) is 4.31 Å². The Bertz CT molecular complexity index is 865. The Labute approximate surface area is 145 Å². The average molecular weight is 364 g/mol. The molecule has 0 unspecified atom stereocenters. The van der Waals surface area contributed by atoms with Crippen molar-refractivity contribution in [3.05, 3.63) is 59.9 Å². The summed E-state index contributed by atoms with van der Waals surface area (Å²) in [5.41, 5.74) is 0.307. The Morgan fingerprint density at radius 1 is 1.08 bits per heavy atom. The van der Waals surface area contributed by atoms with Crippen molar-refractivity contribution in [1.82, 2.24) is 4.31 Å². The van der Waals surface area contributed by atoms with E-state index in [9.17, 15) is 17.6 Å². The molecule has 0 aliphatic carbocycles. The van der Waals surface area contributed by atoms with E-state index in [1.165, 1.54) is 16.4 Å². The molecule has 1 aliphatic rings. The molecular weight excluding hydrogens is 347 g/mol. The van der Waals surface area contributed by atoms with Crippen LogP contribution >= 0.6 is 0 Å². The van der Waals surface area contributed by atoms with Crippen molar-refractivity contribution in [3.63, 3.8) is 0 Å². The van der Waals surface area contributed by atoms with Gasteiger partial charge in [0.05, 0.1) is 23.8 Å². The first-order chi connectivity index (χ1) is 12.0. The summed E-state index contributed by atoms with van der Waals surface area (Å²) in [6, 6.07) is 11.8. The molecule has 0 spiro atoms. The summed E-state index contributed by atoms with van der Waals surface area (Å²) in [5, 5.41) is 2.44. The van der Waals surface area contributed by atoms with Gasteiger partial charge in [-0.3, -0.25) is 4.79 Å². The van der Waals surface area contributed by atoms with Crippen LogP contribution in [0.1, 0.15) is 10.4 Å². The number of anilines is 1. The number of ether oxygens (including phenoxy) is 1. The summed E-state index contributed by atoms with van der Waals surface area (Å²) in [4.78, 5) is 11.9. The summed E-state index contributed by atoms with van der Waals surface area (Å²) in [7, 11) is -3.78. The van der Waals surface area contributed by atoms with Crippen LogP contribution in [0.5, 0.6) is 0 Å². The van der Waals surface area contributed by atoms with Crippen molar-refractivity contribution in [1.29, 1.82) is 0 Å². The lowest BCUT2D eigenvalue weighted by Gasteiger charge is -2.26. The van der Waals surface area contributed by atoms with Gasteiger partial charge < -0.3 is 10.1 Å². The molecule has 25 heavy (non-hydrogen) atoms. The van der Waals surface area contributed by atoms with Crippen molar-refractivity contribution in [2.45, 2.75) is 4.90 Å². The van der Waals surface area contributed by atoms with Crippen molar-refractivity contribution in [2.24, 2.45) is 0 Å². The highest BCUT2D eigenvalue weighted by atomic mass is 32.2. The smallest absolute Gasteiger partial charge is 0.255 e. The highest BCUT2D eigenvalue weighted by Gasteiger charge is 2.27. The Kier molecular flexibility index (Phi) is 5.12. The molecule has 132 valence electrons. The van der Waals surface area contributed by atoms with Gasteiger partial charge in [-0.15, -0.1) is 0 Å². The summed E-state index contributed by atoms with van der Waals surface area (Å²) in [5.74, 6) is -1.28. The second-order valence-electron chi connectivity index (χ2n) is 5.48. The summed E-state index contributed by atoms with van der Waals surface area (Å²) in [6.07, 6.45) is 0. The molecule has 0 radical (unpaired) electrons. The number of nitrogens with zero attached hydrogens (tertiary/aromatic N) is 1. The van der Waals surface area contributed by atoms with E-state index in [2.05, 4.69) is 5.32 Å². The molecule has 0 aromatic heterocycles. The van der Waals surface area contributed by atoms with Gasteiger partial charge in [-0.05, 0) is 30.3 Å². The molecule has 6 nitrogen and oxygen atoms in total. The molecule has 1 aliphatic heterocycles. The lowest BCUT2D eigenvalue weighted by atomic mass is 10.2. The van der Waals surface area contributed by atoms with E-state index in [1.807, 2.05) is 0 Å². The molecule has 1 amide bonds. The van der Waals surface area contributed by atoms with Crippen LogP contribution in [0.25, 0.3) is 0 Å². The van der Waals surface area contributed by atoms with Crippen LogP contribution in [-0.4, -0.2) is 44.9 Å². The number of halogens is 1. The number of morpholine rings is 1. The van der Waals surface area contributed by atoms with E-state index in [4.69, 9.17) is 4.74 Å². The maximum absolute atomic E-state index is 14.3. The Morgan fingerprint density at radius 2 is 1.76 bits per heavy atom. The summed E-state index contributed by atoms with van der Waals surface area (Å²) in [6.45, 7) is 1.09. The Balaban J connectivity index is 1.80. The molecule has 1 N–H and O–H groups in total. The monoisotopic (exact) mass is 364 g/mol. The van der Waals surface area contributed by atoms with Crippen LogP contribution < -0.4 is 5.32 Å². The maximum atomic E-state index is 14.3. The molecule has 1 heterocycles. The minimum atomic E-state index is -3.78. The third kappa shape index (κ3) is 3.87. The molecular formula is C17H17FN2O4S. The second-order valence-corrected chi connectivity index (χ2v) is 7.42. The quantitative estimate of drug-likeness (QED) is 0.901. The number of hydrogen-bond donors (Lipinski definition) is 1. The highest BCUT2D eigenvalue weighted by Crippen LogP contribution is 2.23. The molecule has 3 rings (SSSR count). The van der Waals surface area contributed by atoms with Gasteiger partial charge in [0.1, 0.15) is 5.82 Å². The minimum Gasteiger partial charge on any atom is -0.379 e. The number of benzene rings is 2. The first kappa shape index (κ1) is 17.5. The van der Waals surface area contributed by atoms with E-state index < -0.39 is 21.7 Å². The van der Waals surface area contributed by atoms with Crippen molar-refractivity contribution >= 4 is 21.6 Å². The number of nitrogens with one attached hydrogen (secondary N) is 1. The van der Waals surface area contributed by atoms with E-state index >= 15 is 0 Å². The average Bonchev–Trinajstić information content (AvgIpc) is 2.64. The third-order valence-corrected chi connectivity index (χ3v) is 5.73. The first-order valence-corrected chi connectivity index (χ1v) is 9.16. The number of carbonyl (C=O) groups excluding carboxylic acids is 1. The van der Waals surface area contributed by atoms with Gasteiger partial charge in [0.25, 0.3) is 5.91 Å². The number of amides is 1. The van der Waals surface area contributed by atoms with Gasteiger partial charge in [0, 0.05) is 18.7 Å². The van der Waals surface area contributed by atoms with Crippen LogP contribution in [0.4, 0.5) is 10.1 Å². The van der Waals surface area contributed by atoms with E-state index in [1.54, 1.807) is 30.3 Å². The zero-order chi connectivity index (χ0) is 17.9. The maximum Gasteiger partial charge on any atom is 0.255 e. The number of rotatable bonds is 4. The molecule has 0 saturated carbocycles. The number of carbonyl (C=O) groups is 1. The predicted octanol–water partition coefficient (Wildman–Crippen LogP) is 2.10. The molecule has 1 fully saturated rings.